The van der Waals surface area contributed by atoms with Crippen molar-refractivity contribution in [3.05, 3.63) is 60.2 Å². The topological polar surface area (TPSA) is 100 Å². The molecule has 0 aliphatic heterocycles. The number of nitrogens with zero attached hydrogens (tertiary/aromatic N) is 8. The molecule has 0 spiro atoms. The van der Waals surface area contributed by atoms with Crippen LogP contribution in [0.15, 0.2) is 53.7 Å². The number of halogens is 1. The predicted molar refractivity (Wildman–Crippen MR) is 111 cm³/mol. The smallest absolute Gasteiger partial charge is 0.249 e. The first-order chi connectivity index (χ1) is 14.7. The molecule has 0 fully saturated rings. The highest BCUT2D eigenvalue weighted by atomic mass is 35.5. The fourth-order valence-electron chi connectivity index (χ4n) is 3.41. The summed E-state index contributed by atoms with van der Waals surface area (Å²) >= 11 is 6.06. The van der Waals surface area contributed by atoms with Gasteiger partial charge in [0.15, 0.2) is 11.5 Å². The third-order valence-electron chi connectivity index (χ3n) is 4.69. The molecule has 0 aliphatic carbocycles. The van der Waals surface area contributed by atoms with E-state index in [-0.39, 0.29) is 0 Å². The number of aromatic nitrogens is 8. The van der Waals surface area contributed by atoms with Crippen LogP contribution in [0.4, 0.5) is 0 Å². The van der Waals surface area contributed by atoms with Crippen LogP contribution in [0.1, 0.15) is 19.2 Å². The van der Waals surface area contributed by atoms with Gasteiger partial charge in [-0.3, -0.25) is 0 Å². The van der Waals surface area contributed by atoms with E-state index in [1.165, 1.54) is 6.39 Å². The van der Waals surface area contributed by atoms with E-state index in [4.69, 9.17) is 21.0 Å². The van der Waals surface area contributed by atoms with E-state index >= 15 is 0 Å². The third kappa shape index (κ3) is 3.33. The zero-order valence-electron chi connectivity index (χ0n) is 16.1. The summed E-state index contributed by atoms with van der Waals surface area (Å²) in [5.41, 5.74) is 3.04. The van der Waals surface area contributed by atoms with Crippen molar-refractivity contribution in [2.45, 2.75) is 26.4 Å². The molecule has 0 radical (unpaired) electrons. The van der Waals surface area contributed by atoms with Crippen molar-refractivity contribution in [1.29, 1.82) is 0 Å². The van der Waals surface area contributed by atoms with Gasteiger partial charge < -0.3 is 13.6 Å². The lowest BCUT2D eigenvalue weighted by Gasteiger charge is -2.10. The lowest BCUT2D eigenvalue weighted by atomic mass is 10.2. The van der Waals surface area contributed by atoms with Gasteiger partial charge in [0.2, 0.25) is 12.3 Å². The molecule has 0 saturated carbocycles. The maximum absolute atomic E-state index is 6.06. The Morgan fingerprint density at radius 1 is 1.17 bits per heavy atom. The number of rotatable bonds is 6. The summed E-state index contributed by atoms with van der Waals surface area (Å²) in [6.45, 7) is 3.45. The van der Waals surface area contributed by atoms with Crippen molar-refractivity contribution < 1.29 is 4.42 Å². The molecule has 0 saturated heterocycles. The van der Waals surface area contributed by atoms with Crippen molar-refractivity contribution in [2.75, 3.05) is 0 Å². The molecule has 9 nitrogen and oxygen atoms in total. The van der Waals surface area contributed by atoms with Crippen LogP contribution in [0.5, 0.6) is 0 Å². The molecule has 5 rings (SSSR count). The van der Waals surface area contributed by atoms with Gasteiger partial charge in [0.25, 0.3) is 0 Å². The average Bonchev–Trinajstić information content (AvgIpc) is 3.49. The molecular formula is C20H17ClN8O. The number of aryl methyl sites for hydroxylation is 1. The molecule has 5 aromatic heterocycles. The summed E-state index contributed by atoms with van der Waals surface area (Å²) in [6.07, 6.45) is 7.64. The van der Waals surface area contributed by atoms with Gasteiger partial charge in [-0.1, -0.05) is 24.6 Å². The first kappa shape index (κ1) is 18.4. The molecular weight excluding hydrogens is 404 g/mol. The minimum Gasteiger partial charge on any atom is -0.423 e. The molecule has 150 valence electrons. The summed E-state index contributed by atoms with van der Waals surface area (Å²) in [6, 6.07) is 7.40. The summed E-state index contributed by atoms with van der Waals surface area (Å²) in [4.78, 5) is 18.3. The minimum atomic E-state index is 0.417. The molecule has 0 bridgehead atoms. The van der Waals surface area contributed by atoms with Crippen LogP contribution >= 0.6 is 11.6 Å². The lowest BCUT2D eigenvalue weighted by molar-refractivity contribution is 0.568. The highest BCUT2D eigenvalue weighted by Gasteiger charge is 2.16. The molecule has 0 aliphatic rings. The molecule has 30 heavy (non-hydrogen) atoms. The highest BCUT2D eigenvalue weighted by Crippen LogP contribution is 2.24. The van der Waals surface area contributed by atoms with Gasteiger partial charge >= 0.3 is 0 Å². The van der Waals surface area contributed by atoms with E-state index in [0.717, 1.165) is 41.3 Å². The minimum absolute atomic E-state index is 0.417. The maximum atomic E-state index is 6.06. The summed E-state index contributed by atoms with van der Waals surface area (Å²) in [7, 11) is 0. The number of hydrogen-bond donors (Lipinski definition) is 0. The normalized spacial score (nSPS) is 11.4. The van der Waals surface area contributed by atoms with Crippen molar-refractivity contribution in [1.82, 2.24) is 39.3 Å². The number of hydrogen-bond acceptors (Lipinski definition) is 7. The number of pyridine rings is 2. The van der Waals surface area contributed by atoms with E-state index in [9.17, 15) is 0 Å². The second-order valence-electron chi connectivity index (χ2n) is 6.71. The van der Waals surface area contributed by atoms with Crippen LogP contribution in [0.3, 0.4) is 0 Å². The Morgan fingerprint density at radius 3 is 2.90 bits per heavy atom. The van der Waals surface area contributed by atoms with E-state index in [1.54, 1.807) is 18.5 Å². The average molecular weight is 421 g/mol. The molecule has 5 heterocycles. The monoisotopic (exact) mass is 420 g/mol. The Morgan fingerprint density at radius 2 is 2.10 bits per heavy atom. The maximum Gasteiger partial charge on any atom is 0.249 e. The standard InChI is InChI=1S/C20H17ClN8O/c1-2-7-29-17(11-28-8-6-22-18(28)14-4-3-5-16(21)25-14)26-15-9-13(10-23-19(15)29)20-27-24-12-30-20/h3-6,8-10,12H,2,7,11H2,1H3. The molecule has 10 heteroatoms. The second-order valence-corrected chi connectivity index (χ2v) is 7.10. The highest BCUT2D eigenvalue weighted by molar-refractivity contribution is 6.29. The van der Waals surface area contributed by atoms with Gasteiger partial charge in [-0.15, -0.1) is 10.2 Å². The largest absolute Gasteiger partial charge is 0.423 e. The number of imidazole rings is 2. The zero-order chi connectivity index (χ0) is 20.5. The summed E-state index contributed by atoms with van der Waals surface area (Å²) < 4.78 is 9.42. The van der Waals surface area contributed by atoms with Crippen LogP contribution in [-0.4, -0.2) is 39.3 Å². The zero-order valence-corrected chi connectivity index (χ0v) is 16.9. The summed E-state index contributed by atoms with van der Waals surface area (Å²) in [5, 5.41) is 8.11. The van der Waals surface area contributed by atoms with Crippen molar-refractivity contribution in [3.8, 4) is 23.0 Å². The quantitative estimate of drug-likeness (QED) is 0.384. The first-order valence-corrected chi connectivity index (χ1v) is 9.86. The van der Waals surface area contributed by atoms with E-state index in [0.29, 0.717) is 23.3 Å². The Bertz CT molecular complexity index is 1310. The Kier molecular flexibility index (Phi) is 4.72. The second kappa shape index (κ2) is 7.68. The molecule has 0 amide bonds. The molecule has 0 N–H and O–H groups in total. The fraction of sp³-hybridized carbons (Fsp3) is 0.200. The molecule has 0 unspecified atom stereocenters. The van der Waals surface area contributed by atoms with Gasteiger partial charge in [-0.25, -0.2) is 19.9 Å². The molecule has 0 atom stereocenters. The van der Waals surface area contributed by atoms with Crippen LogP contribution in [-0.2, 0) is 13.1 Å². The lowest BCUT2D eigenvalue weighted by Crippen LogP contribution is -2.10. The fourth-order valence-corrected chi connectivity index (χ4v) is 3.57. The predicted octanol–water partition coefficient (Wildman–Crippen LogP) is 3.85. The molecule has 5 aromatic rings. The van der Waals surface area contributed by atoms with Gasteiger partial charge in [0, 0.05) is 25.1 Å². The van der Waals surface area contributed by atoms with E-state index < -0.39 is 0 Å². The van der Waals surface area contributed by atoms with Crippen LogP contribution in [0.25, 0.3) is 34.1 Å². The first-order valence-electron chi connectivity index (χ1n) is 9.48. The van der Waals surface area contributed by atoms with Gasteiger partial charge in [0.05, 0.1) is 12.1 Å². The SMILES string of the molecule is CCCn1c(Cn2ccnc2-c2cccc(Cl)n2)nc2cc(-c3nnco3)cnc21. The Labute approximate surface area is 176 Å². The Balaban J connectivity index is 1.56. The van der Waals surface area contributed by atoms with Crippen molar-refractivity contribution >= 4 is 22.8 Å². The van der Waals surface area contributed by atoms with Gasteiger partial charge in [0.1, 0.15) is 22.2 Å². The van der Waals surface area contributed by atoms with Crippen LogP contribution in [0.2, 0.25) is 5.15 Å². The van der Waals surface area contributed by atoms with Crippen molar-refractivity contribution in [2.24, 2.45) is 0 Å². The van der Waals surface area contributed by atoms with Crippen LogP contribution < -0.4 is 0 Å². The van der Waals surface area contributed by atoms with Crippen LogP contribution in [0, 0.1) is 0 Å². The Hall–Kier alpha value is -3.59. The molecule has 0 aromatic carbocycles. The van der Waals surface area contributed by atoms with E-state index in [1.807, 2.05) is 29.0 Å². The van der Waals surface area contributed by atoms with Crippen molar-refractivity contribution in [3.63, 3.8) is 0 Å². The number of fused-ring (bicyclic) bond motifs is 1. The summed E-state index contributed by atoms with van der Waals surface area (Å²) in [5.74, 6) is 2.02. The van der Waals surface area contributed by atoms with Gasteiger partial charge in [-0.2, -0.15) is 0 Å². The third-order valence-corrected chi connectivity index (χ3v) is 4.90. The van der Waals surface area contributed by atoms with E-state index in [2.05, 4.69) is 36.6 Å². The van der Waals surface area contributed by atoms with Gasteiger partial charge in [-0.05, 0) is 24.6 Å².